The average Bonchev–Trinajstić information content (AvgIpc) is 2.24. The first-order valence-corrected chi connectivity index (χ1v) is 11.3. The predicted molar refractivity (Wildman–Crippen MR) is 81.7 cm³/mol. The predicted octanol–water partition coefficient (Wildman–Crippen LogP) is 2.81. The van der Waals surface area contributed by atoms with E-state index in [1.807, 2.05) is 0 Å². The molecule has 118 valence electrons. The molecule has 2 atom stereocenters. The molecule has 0 spiro atoms. The van der Waals surface area contributed by atoms with Gasteiger partial charge >= 0.3 is 0 Å². The van der Waals surface area contributed by atoms with Crippen molar-refractivity contribution in [2.24, 2.45) is 5.92 Å². The molecule has 0 bridgehead atoms. The van der Waals surface area contributed by atoms with Gasteiger partial charge in [-0.25, -0.2) is 0 Å². The maximum absolute atomic E-state index is 11.0. The number of allylic oxidation sites excluding steroid dienone is 1. The van der Waals surface area contributed by atoms with E-state index in [0.29, 0.717) is 13.0 Å². The van der Waals surface area contributed by atoms with E-state index in [4.69, 9.17) is 13.7 Å². The van der Waals surface area contributed by atoms with E-state index in [0.717, 1.165) is 0 Å². The second-order valence-corrected chi connectivity index (χ2v) is 13.2. The number of ether oxygens (including phenoxy) is 1. The summed E-state index contributed by atoms with van der Waals surface area (Å²) in [5.74, 6) is -0.553. The van der Waals surface area contributed by atoms with Crippen LogP contribution < -0.4 is 0 Å². The highest BCUT2D eigenvalue weighted by Gasteiger charge is 2.39. The first-order valence-electron chi connectivity index (χ1n) is 6.82. The number of hydrogen-bond donors (Lipinski definition) is 1. The van der Waals surface area contributed by atoms with Crippen LogP contribution in [0.2, 0.25) is 18.1 Å². The molecule has 0 radical (unpaired) electrons. The van der Waals surface area contributed by atoms with Gasteiger partial charge in [-0.05, 0) is 30.6 Å². The minimum atomic E-state index is -4.00. The SMILES string of the molecule is CC(C)(C)[Si](C)(C)OC[C@@H]1OC=CC[C@@H]1CS(=O)(=O)O. The highest BCUT2D eigenvalue weighted by atomic mass is 32.2. The molecule has 0 amide bonds. The van der Waals surface area contributed by atoms with Crippen LogP contribution >= 0.6 is 0 Å². The van der Waals surface area contributed by atoms with Crippen molar-refractivity contribution in [3.05, 3.63) is 12.3 Å². The maximum atomic E-state index is 11.0. The Bertz CT molecular complexity index is 450. The van der Waals surface area contributed by atoms with Crippen molar-refractivity contribution in [3.8, 4) is 0 Å². The molecule has 20 heavy (non-hydrogen) atoms. The fourth-order valence-corrected chi connectivity index (χ4v) is 3.68. The van der Waals surface area contributed by atoms with Gasteiger partial charge in [0.15, 0.2) is 8.32 Å². The third kappa shape index (κ3) is 5.20. The third-order valence-electron chi connectivity index (χ3n) is 4.15. The van der Waals surface area contributed by atoms with E-state index < -0.39 is 18.4 Å². The zero-order valence-electron chi connectivity index (χ0n) is 12.9. The number of hydrogen-bond acceptors (Lipinski definition) is 4. The topological polar surface area (TPSA) is 72.8 Å². The van der Waals surface area contributed by atoms with Crippen LogP contribution in [0.3, 0.4) is 0 Å². The van der Waals surface area contributed by atoms with Gasteiger partial charge < -0.3 is 9.16 Å². The Balaban J connectivity index is 2.67. The summed E-state index contributed by atoms with van der Waals surface area (Å²) in [6, 6.07) is 0. The lowest BCUT2D eigenvalue weighted by Gasteiger charge is -2.38. The Morgan fingerprint density at radius 3 is 2.50 bits per heavy atom. The normalized spacial score (nSPS) is 24.5. The molecule has 1 aliphatic rings. The molecule has 1 heterocycles. The molecule has 7 heteroatoms. The first kappa shape index (κ1) is 17.7. The summed E-state index contributed by atoms with van der Waals surface area (Å²) >= 11 is 0. The fraction of sp³-hybridized carbons (Fsp3) is 0.846. The van der Waals surface area contributed by atoms with Crippen LogP contribution in [0.25, 0.3) is 0 Å². The zero-order valence-corrected chi connectivity index (χ0v) is 14.7. The summed E-state index contributed by atoms with van der Waals surface area (Å²) in [5.41, 5.74) is 0. The van der Waals surface area contributed by atoms with Gasteiger partial charge in [-0.1, -0.05) is 20.8 Å². The van der Waals surface area contributed by atoms with Crippen LogP contribution in [0.15, 0.2) is 12.3 Å². The van der Waals surface area contributed by atoms with Gasteiger partial charge in [-0.3, -0.25) is 4.55 Å². The van der Waals surface area contributed by atoms with Crippen LogP contribution in [0.5, 0.6) is 0 Å². The summed E-state index contributed by atoms with van der Waals surface area (Å²) < 4.78 is 42.7. The van der Waals surface area contributed by atoms with E-state index in [2.05, 4.69) is 33.9 Å². The largest absolute Gasteiger partial charge is 0.496 e. The summed E-state index contributed by atoms with van der Waals surface area (Å²) in [6.45, 7) is 11.1. The van der Waals surface area contributed by atoms with E-state index >= 15 is 0 Å². The standard InChI is InChI=1S/C13H26O5SSi/c1-13(2,3)20(4,5)18-9-12-11(7-6-8-17-12)10-19(14,15)16/h6,8,11-12H,7,9-10H2,1-5H3,(H,14,15,16)/t11-,12+/m1/s1. The van der Waals surface area contributed by atoms with Gasteiger partial charge in [0, 0.05) is 5.92 Å². The average molecular weight is 322 g/mol. The van der Waals surface area contributed by atoms with Crippen LogP contribution in [0, 0.1) is 5.92 Å². The first-order chi connectivity index (χ1) is 8.92. The van der Waals surface area contributed by atoms with Crippen molar-refractivity contribution in [2.45, 2.75) is 51.4 Å². The van der Waals surface area contributed by atoms with Crippen molar-refractivity contribution < 1.29 is 22.1 Å². The Kier molecular flexibility index (Phi) is 5.45. The lowest BCUT2D eigenvalue weighted by Crippen LogP contribution is -2.45. The highest BCUT2D eigenvalue weighted by molar-refractivity contribution is 7.85. The molecule has 0 aromatic heterocycles. The van der Waals surface area contributed by atoms with Crippen molar-refractivity contribution in [1.82, 2.24) is 0 Å². The summed E-state index contributed by atoms with van der Waals surface area (Å²) in [5, 5.41) is 0.0933. The lowest BCUT2D eigenvalue weighted by atomic mass is 10.00. The molecule has 0 aromatic carbocycles. The zero-order chi connectivity index (χ0) is 15.6. The Morgan fingerprint density at radius 2 is 2.00 bits per heavy atom. The second-order valence-electron chi connectivity index (χ2n) is 6.86. The molecule has 1 N–H and O–H groups in total. The van der Waals surface area contributed by atoms with Crippen molar-refractivity contribution in [2.75, 3.05) is 12.4 Å². The molecule has 5 nitrogen and oxygen atoms in total. The van der Waals surface area contributed by atoms with Gasteiger partial charge in [0.25, 0.3) is 10.1 Å². The highest BCUT2D eigenvalue weighted by Crippen LogP contribution is 2.37. The molecule has 0 unspecified atom stereocenters. The van der Waals surface area contributed by atoms with Crippen LogP contribution in [-0.2, 0) is 19.3 Å². The molecule has 1 aliphatic heterocycles. The minimum absolute atomic E-state index is 0.0933. The maximum Gasteiger partial charge on any atom is 0.265 e. The molecule has 1 rings (SSSR count). The molecule has 0 aromatic rings. The summed E-state index contributed by atoms with van der Waals surface area (Å²) in [7, 11) is -5.89. The van der Waals surface area contributed by atoms with Gasteiger partial charge in [0.2, 0.25) is 0 Å². The number of rotatable bonds is 5. The molecule has 0 fully saturated rings. The fourth-order valence-electron chi connectivity index (χ4n) is 1.78. The van der Waals surface area contributed by atoms with Crippen molar-refractivity contribution in [3.63, 3.8) is 0 Å². The second kappa shape index (κ2) is 6.17. The third-order valence-corrected chi connectivity index (χ3v) is 9.50. The van der Waals surface area contributed by atoms with Crippen molar-refractivity contribution >= 4 is 18.4 Å². The Hall–Kier alpha value is -0.373. The smallest absolute Gasteiger partial charge is 0.265 e. The van der Waals surface area contributed by atoms with Crippen LogP contribution in [0.1, 0.15) is 27.2 Å². The monoisotopic (exact) mass is 322 g/mol. The Labute approximate surface area is 123 Å². The van der Waals surface area contributed by atoms with Gasteiger partial charge in [0.05, 0.1) is 18.6 Å². The van der Waals surface area contributed by atoms with Gasteiger partial charge in [-0.15, -0.1) is 0 Å². The van der Waals surface area contributed by atoms with E-state index in [1.54, 1.807) is 12.3 Å². The van der Waals surface area contributed by atoms with Crippen LogP contribution in [-0.4, -0.2) is 39.8 Å². The lowest BCUT2D eigenvalue weighted by molar-refractivity contribution is 0.0337. The molecule has 0 aliphatic carbocycles. The molecule has 0 saturated heterocycles. The van der Waals surface area contributed by atoms with E-state index in [9.17, 15) is 8.42 Å². The van der Waals surface area contributed by atoms with Crippen LogP contribution in [0.4, 0.5) is 0 Å². The molecule has 0 saturated carbocycles. The Morgan fingerprint density at radius 1 is 1.40 bits per heavy atom. The van der Waals surface area contributed by atoms with Gasteiger partial charge in [-0.2, -0.15) is 8.42 Å². The molecular weight excluding hydrogens is 296 g/mol. The summed E-state index contributed by atoms with van der Waals surface area (Å²) in [6.07, 6.45) is 3.61. The molecular formula is C13H26O5SSi. The van der Waals surface area contributed by atoms with Crippen molar-refractivity contribution in [1.29, 1.82) is 0 Å². The van der Waals surface area contributed by atoms with Gasteiger partial charge in [0.1, 0.15) is 6.10 Å². The summed E-state index contributed by atoms with van der Waals surface area (Å²) in [4.78, 5) is 0. The van der Waals surface area contributed by atoms with E-state index in [-0.39, 0.29) is 22.8 Å². The van der Waals surface area contributed by atoms with E-state index in [1.165, 1.54) is 0 Å². The minimum Gasteiger partial charge on any atom is -0.496 e. The quantitative estimate of drug-likeness (QED) is 0.622.